The number of aliphatic hydroxyl groups is 1. The number of aromatic nitrogens is 2. The summed E-state index contributed by atoms with van der Waals surface area (Å²) in [6, 6.07) is 10.3. The first-order valence-electron chi connectivity index (χ1n) is 6.02. The Bertz CT molecular complexity index is 519. The van der Waals surface area contributed by atoms with E-state index in [-0.39, 0.29) is 6.61 Å². The van der Waals surface area contributed by atoms with Gasteiger partial charge in [-0.05, 0) is 12.5 Å². The number of anilines is 1. The van der Waals surface area contributed by atoms with E-state index in [9.17, 15) is 5.11 Å². The van der Waals surface area contributed by atoms with E-state index in [0.29, 0.717) is 0 Å². The Morgan fingerprint density at radius 2 is 1.94 bits per heavy atom. The number of hydrogen-bond donors (Lipinski definition) is 1. The predicted octanol–water partition coefficient (Wildman–Crippen LogP) is 1.86. The van der Waals surface area contributed by atoms with Crippen LogP contribution in [0.3, 0.4) is 0 Å². The molecule has 0 bridgehead atoms. The molecule has 4 nitrogen and oxygen atoms in total. The van der Waals surface area contributed by atoms with Gasteiger partial charge in [-0.1, -0.05) is 30.3 Å². The largest absolute Gasteiger partial charge is 0.391 e. The fourth-order valence-corrected chi connectivity index (χ4v) is 2.28. The average molecular weight is 245 g/mol. The normalized spacial score (nSPS) is 10.7. The van der Waals surface area contributed by atoms with E-state index in [2.05, 4.69) is 22.1 Å². The minimum atomic E-state index is 0.0220. The average Bonchev–Trinajstić information content (AvgIpc) is 2.64. The molecular formula is C14H19N3O. The van der Waals surface area contributed by atoms with Crippen LogP contribution in [0.25, 0.3) is 0 Å². The Morgan fingerprint density at radius 1 is 1.28 bits per heavy atom. The molecule has 0 atom stereocenters. The van der Waals surface area contributed by atoms with Gasteiger partial charge in [-0.2, -0.15) is 5.10 Å². The van der Waals surface area contributed by atoms with Crippen molar-refractivity contribution in [2.24, 2.45) is 7.05 Å². The molecule has 0 aliphatic rings. The molecule has 18 heavy (non-hydrogen) atoms. The highest BCUT2D eigenvalue weighted by molar-refractivity contribution is 5.49. The molecule has 0 saturated heterocycles. The van der Waals surface area contributed by atoms with Gasteiger partial charge >= 0.3 is 0 Å². The number of rotatable bonds is 4. The van der Waals surface area contributed by atoms with Gasteiger partial charge in [-0.25, -0.2) is 0 Å². The molecule has 0 unspecified atom stereocenters. The zero-order chi connectivity index (χ0) is 13.1. The summed E-state index contributed by atoms with van der Waals surface area (Å²) in [5.41, 5.74) is 3.02. The zero-order valence-corrected chi connectivity index (χ0v) is 11.1. The van der Waals surface area contributed by atoms with Gasteiger partial charge in [0.2, 0.25) is 0 Å². The summed E-state index contributed by atoms with van der Waals surface area (Å²) in [7, 11) is 3.92. The summed E-state index contributed by atoms with van der Waals surface area (Å²) in [6.07, 6.45) is 0. The number of benzene rings is 1. The first-order valence-corrected chi connectivity index (χ1v) is 6.02. The highest BCUT2D eigenvalue weighted by Crippen LogP contribution is 2.23. The van der Waals surface area contributed by atoms with Gasteiger partial charge in [-0.3, -0.25) is 4.68 Å². The van der Waals surface area contributed by atoms with Crippen molar-refractivity contribution in [3.63, 3.8) is 0 Å². The number of aryl methyl sites for hydroxylation is 2. The van der Waals surface area contributed by atoms with Gasteiger partial charge in [-0.15, -0.1) is 0 Å². The molecule has 0 amide bonds. The van der Waals surface area contributed by atoms with Crippen LogP contribution in [0, 0.1) is 6.92 Å². The SMILES string of the molecule is Cc1nn(C)c(N(C)Cc2ccccc2)c1CO. The summed E-state index contributed by atoms with van der Waals surface area (Å²) in [4.78, 5) is 2.11. The van der Waals surface area contributed by atoms with Crippen LogP contribution in [0.5, 0.6) is 0 Å². The molecule has 0 aliphatic carbocycles. The highest BCUT2D eigenvalue weighted by Gasteiger charge is 2.16. The van der Waals surface area contributed by atoms with E-state index in [0.717, 1.165) is 23.6 Å². The molecule has 4 heteroatoms. The Morgan fingerprint density at radius 3 is 2.56 bits per heavy atom. The maximum absolute atomic E-state index is 9.45. The molecular weight excluding hydrogens is 226 g/mol. The van der Waals surface area contributed by atoms with Crippen LogP contribution in [0.1, 0.15) is 16.8 Å². The first-order chi connectivity index (χ1) is 8.63. The lowest BCUT2D eigenvalue weighted by Gasteiger charge is -2.20. The van der Waals surface area contributed by atoms with Crippen LogP contribution in [0.4, 0.5) is 5.82 Å². The second-order valence-electron chi connectivity index (χ2n) is 4.51. The molecule has 1 aromatic carbocycles. The van der Waals surface area contributed by atoms with Crippen LogP contribution in [0.15, 0.2) is 30.3 Å². The third-order valence-electron chi connectivity index (χ3n) is 3.10. The van der Waals surface area contributed by atoms with Crippen molar-refractivity contribution in [1.29, 1.82) is 0 Å². The first kappa shape index (κ1) is 12.6. The highest BCUT2D eigenvalue weighted by atomic mass is 16.3. The van der Waals surface area contributed by atoms with Crippen molar-refractivity contribution in [2.75, 3.05) is 11.9 Å². The molecule has 96 valence electrons. The summed E-state index contributed by atoms with van der Waals surface area (Å²) in [5, 5.41) is 13.8. The van der Waals surface area contributed by atoms with E-state index in [1.54, 1.807) is 0 Å². The topological polar surface area (TPSA) is 41.3 Å². The molecule has 1 heterocycles. The lowest BCUT2D eigenvalue weighted by Crippen LogP contribution is -2.20. The number of nitrogens with zero attached hydrogens (tertiary/aromatic N) is 3. The fourth-order valence-electron chi connectivity index (χ4n) is 2.28. The van der Waals surface area contributed by atoms with Gasteiger partial charge in [0.15, 0.2) is 0 Å². The lowest BCUT2D eigenvalue weighted by atomic mass is 10.2. The fraction of sp³-hybridized carbons (Fsp3) is 0.357. The van der Waals surface area contributed by atoms with Gasteiger partial charge in [0.1, 0.15) is 5.82 Å². The maximum atomic E-state index is 9.45. The van der Waals surface area contributed by atoms with E-state index >= 15 is 0 Å². The Labute approximate surface area is 107 Å². The Balaban J connectivity index is 2.26. The monoisotopic (exact) mass is 245 g/mol. The zero-order valence-electron chi connectivity index (χ0n) is 11.1. The van der Waals surface area contributed by atoms with Gasteiger partial charge in [0.05, 0.1) is 12.3 Å². The van der Waals surface area contributed by atoms with Crippen molar-refractivity contribution in [3.05, 3.63) is 47.2 Å². The molecule has 2 aromatic rings. The molecule has 1 aromatic heterocycles. The Hall–Kier alpha value is -1.81. The van der Waals surface area contributed by atoms with Crippen molar-refractivity contribution in [3.8, 4) is 0 Å². The number of hydrogen-bond acceptors (Lipinski definition) is 3. The third-order valence-corrected chi connectivity index (χ3v) is 3.10. The van der Waals surface area contributed by atoms with Crippen LogP contribution in [-0.4, -0.2) is 21.9 Å². The van der Waals surface area contributed by atoms with E-state index < -0.39 is 0 Å². The standard InChI is InChI=1S/C14H19N3O/c1-11-13(10-18)14(17(3)15-11)16(2)9-12-7-5-4-6-8-12/h4-8,18H,9-10H2,1-3H3. The summed E-state index contributed by atoms with van der Waals surface area (Å²) < 4.78 is 1.82. The minimum absolute atomic E-state index is 0.0220. The van der Waals surface area contributed by atoms with E-state index in [4.69, 9.17) is 0 Å². The molecule has 0 fully saturated rings. The third kappa shape index (κ3) is 2.38. The summed E-state index contributed by atoms with van der Waals surface area (Å²) in [6.45, 7) is 2.74. The van der Waals surface area contributed by atoms with Crippen LogP contribution in [0.2, 0.25) is 0 Å². The molecule has 2 rings (SSSR count). The number of aliphatic hydroxyl groups excluding tert-OH is 1. The van der Waals surface area contributed by atoms with Gasteiger partial charge in [0.25, 0.3) is 0 Å². The minimum Gasteiger partial charge on any atom is -0.391 e. The Kier molecular flexibility index (Phi) is 3.67. The smallest absolute Gasteiger partial charge is 0.132 e. The van der Waals surface area contributed by atoms with Crippen molar-refractivity contribution in [2.45, 2.75) is 20.1 Å². The van der Waals surface area contributed by atoms with Gasteiger partial charge in [0, 0.05) is 26.2 Å². The second kappa shape index (κ2) is 5.23. The predicted molar refractivity (Wildman–Crippen MR) is 72.4 cm³/mol. The second-order valence-corrected chi connectivity index (χ2v) is 4.51. The summed E-state index contributed by atoms with van der Waals surface area (Å²) >= 11 is 0. The molecule has 0 radical (unpaired) electrons. The van der Waals surface area contributed by atoms with Crippen molar-refractivity contribution >= 4 is 5.82 Å². The van der Waals surface area contributed by atoms with Crippen LogP contribution in [-0.2, 0) is 20.2 Å². The quantitative estimate of drug-likeness (QED) is 0.894. The maximum Gasteiger partial charge on any atom is 0.132 e. The molecule has 0 aliphatic heterocycles. The van der Waals surface area contributed by atoms with Crippen LogP contribution >= 0.6 is 0 Å². The summed E-state index contributed by atoms with van der Waals surface area (Å²) in [5.74, 6) is 0.971. The van der Waals surface area contributed by atoms with Crippen molar-refractivity contribution in [1.82, 2.24) is 9.78 Å². The van der Waals surface area contributed by atoms with Gasteiger partial charge < -0.3 is 10.0 Å². The van der Waals surface area contributed by atoms with E-state index in [1.807, 2.05) is 43.9 Å². The lowest BCUT2D eigenvalue weighted by molar-refractivity contribution is 0.281. The molecule has 0 saturated carbocycles. The van der Waals surface area contributed by atoms with Crippen molar-refractivity contribution < 1.29 is 5.11 Å². The van der Waals surface area contributed by atoms with E-state index in [1.165, 1.54) is 5.56 Å². The van der Waals surface area contributed by atoms with Crippen LogP contribution < -0.4 is 4.90 Å². The molecule has 1 N–H and O–H groups in total. The molecule has 0 spiro atoms.